The number of methoxy groups -OCH3 is 1. The van der Waals surface area contributed by atoms with Crippen molar-refractivity contribution in [3.8, 4) is 5.75 Å². The third-order valence-electron chi connectivity index (χ3n) is 7.01. The molecule has 1 saturated heterocycles. The van der Waals surface area contributed by atoms with Crippen LogP contribution in [0.25, 0.3) is 0 Å². The summed E-state index contributed by atoms with van der Waals surface area (Å²) in [6.45, 7) is 4.81. The van der Waals surface area contributed by atoms with Gasteiger partial charge in [-0.05, 0) is 42.0 Å². The molecule has 0 aliphatic carbocycles. The number of aliphatic hydroxyl groups is 1. The maximum Gasteiger partial charge on any atom is 0.228 e. The number of aliphatic hydroxyl groups excluding tert-OH is 1. The molecule has 3 aromatic rings. The molecule has 2 aliphatic rings. The Kier molecular flexibility index (Phi) is 7.80. The average Bonchev–Trinajstić information content (AvgIpc) is 3.09. The second-order valence-electron chi connectivity index (χ2n) is 9.27. The standard InChI is InChI=1S/C29H33N3O3S/c1-35-24-13-11-22(12-14-24)29-26(33)21-32(25-9-5-6-10-27(25)36-29)28(34)15-16-30-17-19-31(20-18-30)23-7-3-2-4-8-23/h2-14,26,29,33H,15-21H2,1H3/t26-,29-/m0/s1. The Morgan fingerprint density at radius 1 is 0.944 bits per heavy atom. The van der Waals surface area contributed by atoms with E-state index in [9.17, 15) is 9.90 Å². The highest BCUT2D eigenvalue weighted by molar-refractivity contribution is 7.99. The first-order valence-electron chi connectivity index (χ1n) is 12.5. The largest absolute Gasteiger partial charge is 0.497 e. The smallest absolute Gasteiger partial charge is 0.228 e. The van der Waals surface area contributed by atoms with Crippen molar-refractivity contribution < 1.29 is 14.6 Å². The first kappa shape index (κ1) is 24.7. The number of β-amino-alcohol motifs (C(OH)–C–C–N with tert-alkyl or cyclic N) is 1. The molecule has 2 atom stereocenters. The number of piperazine rings is 1. The number of ether oxygens (including phenoxy) is 1. The van der Waals surface area contributed by atoms with Crippen LogP contribution >= 0.6 is 11.8 Å². The molecule has 0 unspecified atom stereocenters. The van der Waals surface area contributed by atoms with Gasteiger partial charge in [0.2, 0.25) is 5.91 Å². The van der Waals surface area contributed by atoms with Crippen LogP contribution < -0.4 is 14.5 Å². The number of nitrogens with zero attached hydrogens (tertiary/aromatic N) is 3. The predicted molar refractivity (Wildman–Crippen MR) is 146 cm³/mol. The van der Waals surface area contributed by atoms with Gasteiger partial charge in [-0.25, -0.2) is 0 Å². The van der Waals surface area contributed by atoms with Crippen LogP contribution in [0.2, 0.25) is 0 Å². The van der Waals surface area contributed by atoms with Gasteiger partial charge >= 0.3 is 0 Å². The van der Waals surface area contributed by atoms with Gasteiger partial charge in [0.15, 0.2) is 0 Å². The summed E-state index contributed by atoms with van der Waals surface area (Å²) >= 11 is 1.62. The normalized spacial score (nSPS) is 20.5. The lowest BCUT2D eigenvalue weighted by Crippen LogP contribution is -2.47. The van der Waals surface area contributed by atoms with Crippen LogP contribution in [0.15, 0.2) is 83.8 Å². The topological polar surface area (TPSA) is 56.2 Å². The summed E-state index contributed by atoms with van der Waals surface area (Å²) in [7, 11) is 1.65. The van der Waals surface area contributed by atoms with E-state index < -0.39 is 6.10 Å². The third kappa shape index (κ3) is 5.53. The highest BCUT2D eigenvalue weighted by atomic mass is 32.2. The predicted octanol–water partition coefficient (Wildman–Crippen LogP) is 4.45. The van der Waals surface area contributed by atoms with Gasteiger partial charge < -0.3 is 19.6 Å². The molecule has 3 aromatic carbocycles. The number of thioether (sulfide) groups is 1. The van der Waals surface area contributed by atoms with Crippen molar-refractivity contribution in [3.05, 3.63) is 84.4 Å². The van der Waals surface area contributed by atoms with E-state index in [-0.39, 0.29) is 17.7 Å². The number of carbonyl (C=O) groups excluding carboxylic acids is 1. The summed E-state index contributed by atoms with van der Waals surface area (Å²) in [6.07, 6.45) is -0.251. The fourth-order valence-electron chi connectivity index (χ4n) is 4.95. The van der Waals surface area contributed by atoms with Crippen molar-refractivity contribution in [3.63, 3.8) is 0 Å². The van der Waals surface area contributed by atoms with Gasteiger partial charge in [0, 0.05) is 49.7 Å². The van der Waals surface area contributed by atoms with Crippen molar-refractivity contribution in [1.29, 1.82) is 0 Å². The fraction of sp³-hybridized carbons (Fsp3) is 0.345. The highest BCUT2D eigenvalue weighted by Crippen LogP contribution is 2.45. The molecule has 0 bridgehead atoms. The lowest BCUT2D eigenvalue weighted by atomic mass is 10.1. The second-order valence-corrected chi connectivity index (χ2v) is 10.4. The lowest BCUT2D eigenvalue weighted by molar-refractivity contribution is -0.119. The number of amides is 1. The molecule has 1 fully saturated rings. The van der Waals surface area contributed by atoms with Crippen molar-refractivity contribution in [2.24, 2.45) is 0 Å². The minimum atomic E-state index is -0.686. The minimum absolute atomic E-state index is 0.0583. The molecule has 1 N–H and O–H groups in total. The molecule has 2 aliphatic heterocycles. The van der Waals surface area contributed by atoms with E-state index in [2.05, 4.69) is 34.1 Å². The SMILES string of the molecule is COc1ccc([C@@H]2Sc3ccccc3N(C(=O)CCN3CCN(c4ccccc4)CC3)C[C@@H]2O)cc1. The van der Waals surface area contributed by atoms with Gasteiger partial charge in [-0.3, -0.25) is 9.69 Å². The van der Waals surface area contributed by atoms with E-state index in [1.165, 1.54) is 5.69 Å². The van der Waals surface area contributed by atoms with Gasteiger partial charge in [0.25, 0.3) is 0 Å². The maximum atomic E-state index is 13.5. The Labute approximate surface area is 217 Å². The number of anilines is 2. The molecule has 188 valence electrons. The van der Waals surface area contributed by atoms with E-state index in [1.807, 2.05) is 54.6 Å². The molecule has 1 amide bonds. The van der Waals surface area contributed by atoms with Gasteiger partial charge in [-0.1, -0.05) is 42.5 Å². The summed E-state index contributed by atoms with van der Waals surface area (Å²) in [6, 6.07) is 26.3. The zero-order valence-corrected chi connectivity index (χ0v) is 21.4. The highest BCUT2D eigenvalue weighted by Gasteiger charge is 2.33. The first-order valence-corrected chi connectivity index (χ1v) is 13.4. The molecular weight excluding hydrogens is 470 g/mol. The summed E-state index contributed by atoms with van der Waals surface area (Å²) in [4.78, 5) is 21.0. The number of fused-ring (bicyclic) bond motifs is 1. The van der Waals surface area contributed by atoms with Crippen LogP contribution in [-0.4, -0.2) is 68.4 Å². The summed E-state index contributed by atoms with van der Waals surface area (Å²) < 4.78 is 5.29. The Hall–Kier alpha value is -3.00. The fourth-order valence-corrected chi connectivity index (χ4v) is 6.22. The van der Waals surface area contributed by atoms with E-state index in [0.717, 1.165) is 54.6 Å². The molecular formula is C29H33N3O3S. The molecule has 0 radical (unpaired) electrons. The Morgan fingerprint density at radius 3 is 2.36 bits per heavy atom. The Morgan fingerprint density at radius 2 is 1.64 bits per heavy atom. The van der Waals surface area contributed by atoms with Gasteiger partial charge in [0.1, 0.15) is 5.75 Å². The van der Waals surface area contributed by atoms with Crippen LogP contribution in [0.1, 0.15) is 17.2 Å². The van der Waals surface area contributed by atoms with E-state index in [0.29, 0.717) is 6.42 Å². The number of benzene rings is 3. The zero-order valence-electron chi connectivity index (χ0n) is 20.6. The Bertz CT molecular complexity index is 1150. The molecule has 0 spiro atoms. The number of rotatable bonds is 6. The average molecular weight is 504 g/mol. The molecule has 7 heteroatoms. The van der Waals surface area contributed by atoms with Gasteiger partial charge in [-0.2, -0.15) is 0 Å². The molecule has 0 aromatic heterocycles. The van der Waals surface area contributed by atoms with E-state index in [4.69, 9.17) is 4.74 Å². The van der Waals surface area contributed by atoms with Crippen molar-refractivity contribution in [1.82, 2.24) is 4.90 Å². The van der Waals surface area contributed by atoms with E-state index in [1.54, 1.807) is 23.8 Å². The minimum Gasteiger partial charge on any atom is -0.497 e. The third-order valence-corrected chi connectivity index (χ3v) is 8.45. The van der Waals surface area contributed by atoms with Gasteiger partial charge in [-0.15, -0.1) is 11.8 Å². The first-order chi connectivity index (χ1) is 17.6. The Balaban J connectivity index is 1.24. The zero-order chi connectivity index (χ0) is 24.9. The summed E-state index contributed by atoms with van der Waals surface area (Å²) in [5.41, 5.74) is 3.16. The molecule has 0 saturated carbocycles. The number of hydrogen-bond donors (Lipinski definition) is 1. The van der Waals surface area contributed by atoms with Crippen molar-refractivity contribution in [2.45, 2.75) is 22.7 Å². The van der Waals surface area contributed by atoms with Crippen LogP contribution in [0, 0.1) is 0 Å². The second kappa shape index (κ2) is 11.4. The van der Waals surface area contributed by atoms with Crippen molar-refractivity contribution in [2.75, 3.05) is 56.2 Å². The lowest BCUT2D eigenvalue weighted by Gasteiger charge is -2.36. The number of para-hydroxylation sites is 2. The number of hydrogen-bond acceptors (Lipinski definition) is 6. The van der Waals surface area contributed by atoms with Crippen LogP contribution in [0.4, 0.5) is 11.4 Å². The summed E-state index contributed by atoms with van der Waals surface area (Å²) in [5, 5.41) is 11.0. The quantitative estimate of drug-likeness (QED) is 0.537. The summed E-state index contributed by atoms with van der Waals surface area (Å²) in [5.74, 6) is 0.844. The monoisotopic (exact) mass is 503 g/mol. The molecule has 2 heterocycles. The van der Waals surface area contributed by atoms with Gasteiger partial charge in [0.05, 0.1) is 30.7 Å². The number of carbonyl (C=O) groups is 1. The van der Waals surface area contributed by atoms with E-state index >= 15 is 0 Å². The molecule has 6 nitrogen and oxygen atoms in total. The van der Waals surface area contributed by atoms with Crippen molar-refractivity contribution >= 4 is 29.0 Å². The van der Waals surface area contributed by atoms with Crippen LogP contribution in [-0.2, 0) is 4.79 Å². The maximum absolute atomic E-state index is 13.5. The van der Waals surface area contributed by atoms with Crippen LogP contribution in [0.5, 0.6) is 5.75 Å². The van der Waals surface area contributed by atoms with Crippen LogP contribution in [0.3, 0.4) is 0 Å². The molecule has 36 heavy (non-hydrogen) atoms. The molecule has 5 rings (SSSR count).